The van der Waals surface area contributed by atoms with Crippen LogP contribution in [-0.2, 0) is 6.42 Å². The van der Waals surface area contributed by atoms with Gasteiger partial charge in [-0.05, 0) is 37.9 Å². The van der Waals surface area contributed by atoms with E-state index in [1.807, 2.05) is 6.92 Å². The van der Waals surface area contributed by atoms with Gasteiger partial charge in [0, 0.05) is 12.0 Å². The molecule has 0 amide bonds. The van der Waals surface area contributed by atoms with Gasteiger partial charge in [0.25, 0.3) is 5.95 Å². The first kappa shape index (κ1) is 15.6. The molecule has 0 aliphatic carbocycles. The summed E-state index contributed by atoms with van der Waals surface area (Å²) in [6, 6.07) is 1.52. The smallest absolute Gasteiger partial charge is 0.263 e. The molecule has 0 atom stereocenters. The monoisotopic (exact) mass is 418 g/mol. The molecule has 112 valence electrons. The Morgan fingerprint density at radius 1 is 1.38 bits per heavy atom. The summed E-state index contributed by atoms with van der Waals surface area (Å²) in [7, 11) is 0. The predicted molar refractivity (Wildman–Crippen MR) is 85.9 cm³/mol. The third kappa shape index (κ3) is 3.10. The zero-order chi connectivity index (χ0) is 15.6. The summed E-state index contributed by atoms with van der Waals surface area (Å²) in [6.45, 7) is 1.91. The summed E-state index contributed by atoms with van der Waals surface area (Å²) in [5.41, 5.74) is 3.01. The molecule has 0 aliphatic heterocycles. The number of rotatable bonds is 4. The van der Waals surface area contributed by atoms with Crippen molar-refractivity contribution in [1.29, 1.82) is 0 Å². The number of anilines is 1. The number of benzene rings is 1. The summed E-state index contributed by atoms with van der Waals surface area (Å²) in [6.07, 6.45) is 2.01. The van der Waals surface area contributed by atoms with Crippen LogP contribution in [0, 0.1) is 0 Å². The van der Waals surface area contributed by atoms with Crippen molar-refractivity contribution in [2.24, 2.45) is 5.10 Å². The maximum Gasteiger partial charge on any atom is 0.263 e. The van der Waals surface area contributed by atoms with E-state index in [0.717, 1.165) is 0 Å². The molecule has 1 aromatic carbocycles. The molecule has 21 heavy (non-hydrogen) atoms. The van der Waals surface area contributed by atoms with Crippen molar-refractivity contribution >= 4 is 44.0 Å². The van der Waals surface area contributed by atoms with E-state index < -0.39 is 0 Å². The molecule has 0 saturated heterocycles. The zero-order valence-electron chi connectivity index (χ0n) is 10.9. The van der Waals surface area contributed by atoms with E-state index in [0.29, 0.717) is 22.3 Å². The Morgan fingerprint density at radius 3 is 2.71 bits per heavy atom. The highest BCUT2D eigenvalue weighted by atomic mass is 79.9. The molecule has 10 heteroatoms. The van der Waals surface area contributed by atoms with E-state index in [2.05, 4.69) is 52.6 Å². The number of phenolic OH excluding ortho intramolecular Hbond substituents is 2. The number of aromatic hydroxyl groups is 2. The van der Waals surface area contributed by atoms with Gasteiger partial charge in [0.2, 0.25) is 0 Å². The Hall–Kier alpha value is -1.81. The van der Waals surface area contributed by atoms with Gasteiger partial charge in [-0.1, -0.05) is 6.92 Å². The highest BCUT2D eigenvalue weighted by molar-refractivity contribution is 9.11. The van der Waals surface area contributed by atoms with Gasteiger partial charge < -0.3 is 16.1 Å². The van der Waals surface area contributed by atoms with Gasteiger partial charge in [0.1, 0.15) is 16.0 Å². The molecule has 0 unspecified atom stereocenters. The molecule has 0 radical (unpaired) electrons. The van der Waals surface area contributed by atoms with Crippen molar-refractivity contribution in [1.82, 2.24) is 14.9 Å². The molecule has 0 spiro atoms. The molecular weight excluding hydrogens is 408 g/mol. The summed E-state index contributed by atoms with van der Waals surface area (Å²) in [5.74, 6) is 6.42. The Bertz CT molecular complexity index is 701. The van der Waals surface area contributed by atoms with Gasteiger partial charge in [-0.3, -0.25) is 0 Å². The average molecular weight is 420 g/mol. The number of nitrogens with one attached hydrogen (secondary N) is 1. The zero-order valence-corrected chi connectivity index (χ0v) is 14.1. The van der Waals surface area contributed by atoms with Crippen molar-refractivity contribution in [3.05, 3.63) is 26.4 Å². The lowest BCUT2D eigenvalue weighted by Crippen LogP contribution is -2.14. The quantitative estimate of drug-likeness (QED) is 0.341. The van der Waals surface area contributed by atoms with Gasteiger partial charge in [0.05, 0.1) is 10.7 Å². The van der Waals surface area contributed by atoms with E-state index in [4.69, 9.17) is 5.84 Å². The number of hydrazone groups is 1. The first-order valence-electron chi connectivity index (χ1n) is 5.84. The summed E-state index contributed by atoms with van der Waals surface area (Å²) < 4.78 is 1.89. The SMILES string of the molecule is CCc1nnc(N/N=C\c2cc(Br)c(O)c(Br)c2O)n1N. The third-order valence-corrected chi connectivity index (χ3v) is 4.00. The van der Waals surface area contributed by atoms with Crippen molar-refractivity contribution < 1.29 is 10.2 Å². The van der Waals surface area contributed by atoms with Gasteiger partial charge in [-0.2, -0.15) is 5.10 Å². The normalized spacial score (nSPS) is 11.2. The minimum atomic E-state index is -0.135. The largest absolute Gasteiger partial charge is 0.506 e. The molecule has 0 saturated carbocycles. The Morgan fingerprint density at radius 2 is 2.10 bits per heavy atom. The molecule has 0 fully saturated rings. The minimum absolute atomic E-state index is 0.0908. The number of nitrogens with zero attached hydrogens (tertiary/aromatic N) is 4. The Kier molecular flexibility index (Phi) is 4.68. The predicted octanol–water partition coefficient (Wildman–Crippen LogP) is 1.94. The van der Waals surface area contributed by atoms with Crippen molar-refractivity contribution in [3.8, 4) is 11.5 Å². The molecule has 8 nitrogen and oxygen atoms in total. The maximum atomic E-state index is 9.89. The van der Waals surface area contributed by atoms with Crippen LogP contribution in [0.4, 0.5) is 5.95 Å². The molecule has 0 bridgehead atoms. The Balaban J connectivity index is 2.20. The fourth-order valence-electron chi connectivity index (χ4n) is 1.52. The fraction of sp³-hybridized carbons (Fsp3) is 0.182. The van der Waals surface area contributed by atoms with Crippen LogP contribution in [0.2, 0.25) is 0 Å². The fourth-order valence-corrected chi connectivity index (χ4v) is 2.67. The van der Waals surface area contributed by atoms with Gasteiger partial charge in [-0.15, -0.1) is 10.2 Å². The highest BCUT2D eigenvalue weighted by Gasteiger charge is 2.13. The number of hydrogen-bond donors (Lipinski definition) is 4. The molecule has 2 rings (SSSR count). The van der Waals surface area contributed by atoms with Gasteiger partial charge >= 0.3 is 0 Å². The topological polar surface area (TPSA) is 122 Å². The number of aromatic nitrogens is 3. The van der Waals surface area contributed by atoms with E-state index in [1.165, 1.54) is 17.0 Å². The number of aryl methyl sites for hydroxylation is 1. The number of hydrogen-bond acceptors (Lipinski definition) is 7. The lowest BCUT2D eigenvalue weighted by atomic mass is 10.2. The van der Waals surface area contributed by atoms with E-state index in [9.17, 15) is 10.2 Å². The summed E-state index contributed by atoms with van der Waals surface area (Å²) in [5, 5.41) is 31.2. The molecule has 5 N–H and O–H groups in total. The average Bonchev–Trinajstić information content (AvgIpc) is 2.82. The number of halogens is 2. The van der Waals surface area contributed by atoms with Crippen molar-refractivity contribution in [2.75, 3.05) is 11.3 Å². The molecule has 1 aromatic heterocycles. The van der Waals surface area contributed by atoms with Crippen molar-refractivity contribution in [2.45, 2.75) is 13.3 Å². The lowest BCUT2D eigenvalue weighted by molar-refractivity contribution is 0.442. The number of phenols is 2. The van der Waals surface area contributed by atoms with Crippen LogP contribution in [0.25, 0.3) is 0 Å². The standard InChI is InChI=1S/C11H12Br2N6O2/c1-2-7-16-18-11(19(7)14)17-15-4-5-3-6(12)10(21)8(13)9(5)20/h3-4,20-21H,2,14H2,1H3,(H,17,18)/b15-4-. The lowest BCUT2D eigenvalue weighted by Gasteiger charge is -2.06. The molecule has 0 aliphatic rings. The highest BCUT2D eigenvalue weighted by Crippen LogP contribution is 2.40. The minimum Gasteiger partial charge on any atom is -0.506 e. The Labute approximate surface area is 136 Å². The first-order valence-corrected chi connectivity index (χ1v) is 7.42. The second kappa shape index (κ2) is 6.31. The van der Waals surface area contributed by atoms with E-state index in [-0.39, 0.29) is 21.9 Å². The summed E-state index contributed by atoms with van der Waals surface area (Å²) in [4.78, 5) is 0. The van der Waals surface area contributed by atoms with Crippen molar-refractivity contribution in [3.63, 3.8) is 0 Å². The van der Waals surface area contributed by atoms with Crippen LogP contribution < -0.4 is 11.3 Å². The van der Waals surface area contributed by atoms with Crippen LogP contribution in [0.1, 0.15) is 18.3 Å². The number of nitrogen functional groups attached to an aromatic ring is 1. The van der Waals surface area contributed by atoms with Gasteiger partial charge in [-0.25, -0.2) is 10.1 Å². The second-order valence-corrected chi connectivity index (χ2v) is 5.64. The third-order valence-electron chi connectivity index (χ3n) is 2.65. The van der Waals surface area contributed by atoms with Crippen LogP contribution in [0.5, 0.6) is 11.5 Å². The molecular formula is C11H12Br2N6O2. The molecule has 1 heterocycles. The van der Waals surface area contributed by atoms with Crippen LogP contribution in [-0.4, -0.2) is 31.3 Å². The van der Waals surface area contributed by atoms with Crippen LogP contribution in [0.15, 0.2) is 20.1 Å². The van der Waals surface area contributed by atoms with E-state index in [1.54, 1.807) is 0 Å². The second-order valence-electron chi connectivity index (χ2n) is 3.99. The first-order chi connectivity index (χ1) is 9.95. The van der Waals surface area contributed by atoms with Gasteiger partial charge in [0.15, 0.2) is 5.82 Å². The van der Waals surface area contributed by atoms with E-state index >= 15 is 0 Å². The summed E-state index contributed by atoms with van der Waals surface area (Å²) >= 11 is 6.26. The van der Waals surface area contributed by atoms with Crippen LogP contribution >= 0.6 is 31.9 Å². The van der Waals surface area contributed by atoms with Crippen LogP contribution in [0.3, 0.4) is 0 Å². The maximum absolute atomic E-state index is 9.89. The molecule has 2 aromatic rings. The number of nitrogens with two attached hydrogens (primary N) is 1.